The molecule has 0 aliphatic heterocycles. The maximum atomic E-state index is 12.3. The van der Waals surface area contributed by atoms with Crippen molar-refractivity contribution in [3.63, 3.8) is 0 Å². The Morgan fingerprint density at radius 2 is 1.76 bits per heavy atom. The molecule has 0 atom stereocenters. The second kappa shape index (κ2) is 15.0. The van der Waals surface area contributed by atoms with Gasteiger partial charge in [-0.25, -0.2) is 9.97 Å². The molecule has 188 valence electrons. The SMILES string of the molecule is CC.CCNC(=O)/C(C)=C/c1c(C)nc(N)nc1-c1cc(CCCN(CC)CC)c(Cl)cc1Cl. The second-order valence-electron chi connectivity index (χ2n) is 7.67. The molecule has 1 amide bonds. The molecule has 0 fully saturated rings. The summed E-state index contributed by atoms with van der Waals surface area (Å²) in [4.78, 5) is 23.4. The number of aromatic nitrogens is 2. The first-order valence-electron chi connectivity index (χ1n) is 12.0. The largest absolute Gasteiger partial charge is 0.368 e. The van der Waals surface area contributed by atoms with Gasteiger partial charge in [-0.15, -0.1) is 0 Å². The van der Waals surface area contributed by atoms with Crippen molar-refractivity contribution < 1.29 is 4.79 Å². The predicted molar refractivity (Wildman–Crippen MR) is 146 cm³/mol. The zero-order valence-electron chi connectivity index (χ0n) is 21.6. The van der Waals surface area contributed by atoms with Crippen LogP contribution in [-0.4, -0.2) is 47.0 Å². The Kier molecular flexibility index (Phi) is 13.2. The van der Waals surface area contributed by atoms with E-state index in [-0.39, 0.29) is 11.9 Å². The average Bonchev–Trinajstić information content (AvgIpc) is 2.81. The summed E-state index contributed by atoms with van der Waals surface area (Å²) in [5, 5.41) is 3.91. The third-order valence-electron chi connectivity index (χ3n) is 5.42. The zero-order chi connectivity index (χ0) is 25.8. The third-order valence-corrected chi connectivity index (χ3v) is 6.08. The van der Waals surface area contributed by atoms with Crippen molar-refractivity contribution in [1.29, 1.82) is 0 Å². The first-order valence-corrected chi connectivity index (χ1v) is 12.8. The molecule has 1 aromatic carbocycles. The van der Waals surface area contributed by atoms with Gasteiger partial charge in [0.15, 0.2) is 0 Å². The fourth-order valence-corrected chi connectivity index (χ4v) is 4.13. The first-order chi connectivity index (χ1) is 16.2. The third kappa shape index (κ3) is 8.26. The summed E-state index contributed by atoms with van der Waals surface area (Å²) in [5.74, 6) is 0.00776. The lowest BCUT2D eigenvalue weighted by Gasteiger charge is -2.18. The lowest BCUT2D eigenvalue weighted by atomic mass is 9.99. The van der Waals surface area contributed by atoms with Gasteiger partial charge in [0.1, 0.15) is 0 Å². The Morgan fingerprint density at radius 3 is 2.35 bits per heavy atom. The number of amides is 1. The van der Waals surface area contributed by atoms with Crippen molar-refractivity contribution in [2.75, 3.05) is 31.9 Å². The molecular formula is C26H39Cl2N5O. The fraction of sp³-hybridized carbons (Fsp3) is 0.500. The van der Waals surface area contributed by atoms with Crippen LogP contribution >= 0.6 is 23.2 Å². The van der Waals surface area contributed by atoms with Crippen LogP contribution in [0.1, 0.15) is 64.8 Å². The number of carbonyl (C=O) groups excluding carboxylic acids is 1. The van der Waals surface area contributed by atoms with E-state index in [1.807, 2.05) is 33.8 Å². The molecule has 6 nitrogen and oxygen atoms in total. The highest BCUT2D eigenvalue weighted by atomic mass is 35.5. The van der Waals surface area contributed by atoms with Gasteiger partial charge in [-0.05, 0) is 77.0 Å². The van der Waals surface area contributed by atoms with Gasteiger partial charge >= 0.3 is 0 Å². The highest BCUT2D eigenvalue weighted by molar-refractivity contribution is 6.36. The van der Waals surface area contributed by atoms with Gasteiger partial charge in [-0.3, -0.25) is 4.79 Å². The quantitative estimate of drug-likeness (QED) is 0.375. The molecule has 1 aromatic heterocycles. The van der Waals surface area contributed by atoms with Crippen LogP contribution in [0.2, 0.25) is 10.0 Å². The van der Waals surface area contributed by atoms with Crippen LogP contribution in [0.15, 0.2) is 17.7 Å². The van der Waals surface area contributed by atoms with E-state index in [4.69, 9.17) is 28.9 Å². The van der Waals surface area contributed by atoms with Crippen LogP contribution < -0.4 is 11.1 Å². The summed E-state index contributed by atoms with van der Waals surface area (Å²) < 4.78 is 0. The minimum Gasteiger partial charge on any atom is -0.368 e. The standard InChI is InChI=1S/C24H33Cl2N5O.C2H6/c1-6-28-23(32)15(4)12-18-16(5)29-24(27)30-22(18)19-13-17(20(25)14-21(19)26)10-9-11-31(7-2)8-3;1-2/h12-14H,6-11H2,1-5H3,(H,28,32)(H2,27,29,30);1-2H3/b15-12+;. The molecule has 0 unspecified atom stereocenters. The van der Waals surface area contributed by atoms with Gasteiger partial charge in [-0.1, -0.05) is 50.9 Å². The van der Waals surface area contributed by atoms with Crippen LogP contribution in [-0.2, 0) is 11.2 Å². The van der Waals surface area contributed by atoms with Gasteiger partial charge in [0.2, 0.25) is 11.9 Å². The fourth-order valence-electron chi connectivity index (χ4n) is 3.56. The monoisotopic (exact) mass is 507 g/mol. The summed E-state index contributed by atoms with van der Waals surface area (Å²) in [6, 6.07) is 3.73. The normalized spacial score (nSPS) is 11.3. The summed E-state index contributed by atoms with van der Waals surface area (Å²) in [6.45, 7) is 17.4. The number of hydrogen-bond donors (Lipinski definition) is 2. The van der Waals surface area contributed by atoms with E-state index in [1.165, 1.54) is 0 Å². The number of nitrogens with one attached hydrogen (secondary N) is 1. The predicted octanol–water partition coefficient (Wildman–Crippen LogP) is 6.18. The van der Waals surface area contributed by atoms with Crippen LogP contribution in [0.25, 0.3) is 17.3 Å². The Labute approximate surface area is 215 Å². The lowest BCUT2D eigenvalue weighted by molar-refractivity contribution is -0.117. The molecule has 8 heteroatoms. The average molecular weight is 509 g/mol. The van der Waals surface area contributed by atoms with Gasteiger partial charge in [0.25, 0.3) is 0 Å². The lowest BCUT2D eigenvalue weighted by Crippen LogP contribution is -2.24. The molecule has 0 spiro atoms. The molecule has 0 saturated heterocycles. The van der Waals surface area contributed by atoms with Crippen molar-refractivity contribution in [1.82, 2.24) is 20.2 Å². The van der Waals surface area contributed by atoms with Gasteiger partial charge in [-0.2, -0.15) is 0 Å². The van der Waals surface area contributed by atoms with Gasteiger partial charge < -0.3 is 16.0 Å². The number of benzene rings is 1. The molecular weight excluding hydrogens is 469 g/mol. The molecule has 0 bridgehead atoms. The number of nitrogen functional groups attached to an aromatic ring is 1. The van der Waals surface area contributed by atoms with Crippen LogP contribution in [0.3, 0.4) is 0 Å². The number of nitrogens with zero attached hydrogens (tertiary/aromatic N) is 3. The number of rotatable bonds is 10. The Balaban J connectivity index is 0.00000281. The van der Waals surface area contributed by atoms with Crippen molar-refractivity contribution in [2.45, 2.75) is 61.3 Å². The smallest absolute Gasteiger partial charge is 0.246 e. The minimum atomic E-state index is -0.144. The van der Waals surface area contributed by atoms with Crippen molar-refractivity contribution in [3.05, 3.63) is 44.6 Å². The molecule has 0 aliphatic rings. The van der Waals surface area contributed by atoms with Crippen molar-refractivity contribution in [2.24, 2.45) is 0 Å². The number of nitrogens with two attached hydrogens (primary N) is 1. The second-order valence-corrected chi connectivity index (χ2v) is 8.48. The van der Waals surface area contributed by atoms with Gasteiger partial charge in [0.05, 0.1) is 16.4 Å². The summed E-state index contributed by atoms with van der Waals surface area (Å²) in [7, 11) is 0. The minimum absolute atomic E-state index is 0.144. The summed E-state index contributed by atoms with van der Waals surface area (Å²) in [6.07, 6.45) is 3.58. The highest BCUT2D eigenvalue weighted by Crippen LogP contribution is 2.36. The van der Waals surface area contributed by atoms with E-state index in [9.17, 15) is 4.79 Å². The van der Waals surface area contributed by atoms with E-state index >= 15 is 0 Å². The zero-order valence-corrected chi connectivity index (χ0v) is 23.1. The molecule has 0 saturated carbocycles. The van der Waals surface area contributed by atoms with Crippen LogP contribution in [0.5, 0.6) is 0 Å². The molecule has 0 aliphatic carbocycles. The Bertz CT molecular complexity index is 988. The van der Waals surface area contributed by atoms with Crippen LogP contribution in [0.4, 0.5) is 5.95 Å². The maximum absolute atomic E-state index is 12.3. The molecule has 0 radical (unpaired) electrons. The number of aryl methyl sites for hydroxylation is 2. The molecule has 2 rings (SSSR count). The molecule has 2 aromatic rings. The van der Waals surface area contributed by atoms with Gasteiger partial charge in [0, 0.05) is 28.3 Å². The summed E-state index contributed by atoms with van der Waals surface area (Å²) in [5.41, 5.74) is 10.2. The number of halogens is 2. The first kappa shape index (κ1) is 29.9. The van der Waals surface area contributed by atoms with E-state index in [1.54, 1.807) is 19.1 Å². The van der Waals surface area contributed by atoms with Crippen molar-refractivity contribution in [3.8, 4) is 11.3 Å². The maximum Gasteiger partial charge on any atom is 0.246 e. The summed E-state index contributed by atoms with van der Waals surface area (Å²) >= 11 is 13.1. The number of anilines is 1. The molecule has 3 N–H and O–H groups in total. The number of hydrogen-bond acceptors (Lipinski definition) is 5. The Hall–Kier alpha value is -2.15. The van der Waals surface area contributed by atoms with E-state index in [2.05, 4.69) is 34.0 Å². The Morgan fingerprint density at radius 1 is 1.12 bits per heavy atom. The molecule has 1 heterocycles. The number of carbonyl (C=O) groups is 1. The van der Waals surface area contributed by atoms with E-state index < -0.39 is 0 Å². The van der Waals surface area contributed by atoms with E-state index in [0.717, 1.165) is 43.6 Å². The highest BCUT2D eigenvalue weighted by Gasteiger charge is 2.17. The van der Waals surface area contributed by atoms with Crippen LogP contribution in [0, 0.1) is 6.92 Å². The molecule has 34 heavy (non-hydrogen) atoms. The van der Waals surface area contributed by atoms with E-state index in [0.29, 0.717) is 39.1 Å². The topological polar surface area (TPSA) is 84.1 Å². The van der Waals surface area contributed by atoms with Crippen molar-refractivity contribution >= 4 is 41.1 Å². The number of likely N-dealkylation sites (N-methyl/N-ethyl adjacent to an activating group) is 1.